The van der Waals surface area contributed by atoms with Gasteiger partial charge in [-0.2, -0.15) is 0 Å². The van der Waals surface area contributed by atoms with Crippen molar-refractivity contribution in [2.75, 3.05) is 18.4 Å². The molecule has 0 aliphatic rings. The van der Waals surface area contributed by atoms with Crippen molar-refractivity contribution in [2.24, 2.45) is 5.73 Å². The van der Waals surface area contributed by atoms with Gasteiger partial charge in [-0.3, -0.25) is 14.6 Å². The van der Waals surface area contributed by atoms with Crippen LogP contribution in [0.25, 0.3) is 0 Å². The summed E-state index contributed by atoms with van der Waals surface area (Å²) in [5, 5.41) is 5.98. The lowest BCUT2D eigenvalue weighted by Crippen LogP contribution is -2.26. The lowest BCUT2D eigenvalue weighted by atomic mass is 10.2. The van der Waals surface area contributed by atoms with Crippen LogP contribution in [0.5, 0.6) is 0 Å². The SMILES string of the molecule is CCCNc1cc(C)ncc1C(=O)NCCCC(N)=O. The summed E-state index contributed by atoms with van der Waals surface area (Å²) in [4.78, 5) is 26.8. The maximum atomic E-state index is 12.1. The van der Waals surface area contributed by atoms with E-state index < -0.39 is 0 Å². The Kier molecular flexibility index (Phi) is 6.49. The maximum Gasteiger partial charge on any atom is 0.254 e. The number of amides is 2. The number of aryl methyl sites for hydroxylation is 1. The summed E-state index contributed by atoms with van der Waals surface area (Å²) < 4.78 is 0. The normalized spacial score (nSPS) is 10.1. The second kappa shape index (κ2) is 8.14. The van der Waals surface area contributed by atoms with E-state index in [2.05, 4.69) is 22.5 Å². The van der Waals surface area contributed by atoms with Crippen molar-refractivity contribution in [3.8, 4) is 0 Å². The number of carbonyl (C=O) groups is 2. The number of nitrogens with one attached hydrogen (secondary N) is 2. The van der Waals surface area contributed by atoms with E-state index in [1.54, 1.807) is 6.20 Å². The summed E-state index contributed by atoms with van der Waals surface area (Å²) in [6.45, 7) is 5.16. The minimum Gasteiger partial charge on any atom is -0.384 e. The molecule has 6 heteroatoms. The van der Waals surface area contributed by atoms with Crippen LogP contribution in [0.4, 0.5) is 5.69 Å². The molecule has 1 heterocycles. The highest BCUT2D eigenvalue weighted by atomic mass is 16.2. The Morgan fingerprint density at radius 3 is 2.75 bits per heavy atom. The summed E-state index contributed by atoms with van der Waals surface area (Å²) in [6.07, 6.45) is 3.35. The highest BCUT2D eigenvalue weighted by Crippen LogP contribution is 2.15. The van der Waals surface area contributed by atoms with Gasteiger partial charge in [0, 0.05) is 31.4 Å². The van der Waals surface area contributed by atoms with E-state index in [1.807, 2.05) is 13.0 Å². The third-order valence-corrected chi connectivity index (χ3v) is 2.74. The molecule has 1 rings (SSSR count). The second-order valence-electron chi connectivity index (χ2n) is 4.62. The van der Waals surface area contributed by atoms with Gasteiger partial charge in [-0.1, -0.05) is 6.92 Å². The number of pyridine rings is 1. The lowest BCUT2D eigenvalue weighted by molar-refractivity contribution is -0.118. The summed E-state index contributed by atoms with van der Waals surface area (Å²) in [6, 6.07) is 1.86. The number of anilines is 1. The number of rotatable bonds is 8. The number of nitrogens with two attached hydrogens (primary N) is 1. The summed E-state index contributed by atoms with van der Waals surface area (Å²) in [7, 11) is 0. The van der Waals surface area contributed by atoms with E-state index in [4.69, 9.17) is 5.73 Å². The molecule has 4 N–H and O–H groups in total. The standard InChI is InChI=1S/C14H22N4O2/c1-3-6-16-12-8-10(2)18-9-11(12)14(20)17-7-4-5-13(15)19/h8-9H,3-7H2,1-2H3,(H2,15,19)(H,16,18)(H,17,20). The van der Waals surface area contributed by atoms with E-state index in [1.165, 1.54) is 0 Å². The van der Waals surface area contributed by atoms with Gasteiger partial charge in [0.05, 0.1) is 11.3 Å². The third-order valence-electron chi connectivity index (χ3n) is 2.74. The molecule has 0 aromatic carbocycles. The Morgan fingerprint density at radius 2 is 2.10 bits per heavy atom. The highest BCUT2D eigenvalue weighted by molar-refractivity contribution is 5.99. The van der Waals surface area contributed by atoms with E-state index in [-0.39, 0.29) is 18.2 Å². The molecule has 0 aliphatic heterocycles. The zero-order valence-electron chi connectivity index (χ0n) is 12.0. The predicted molar refractivity (Wildman–Crippen MR) is 78.5 cm³/mol. The molecule has 0 unspecified atom stereocenters. The average molecular weight is 278 g/mol. The van der Waals surface area contributed by atoms with Crippen LogP contribution in [0.1, 0.15) is 42.2 Å². The van der Waals surface area contributed by atoms with Gasteiger partial charge in [0.1, 0.15) is 0 Å². The van der Waals surface area contributed by atoms with Crippen molar-refractivity contribution in [3.63, 3.8) is 0 Å². The van der Waals surface area contributed by atoms with Crippen LogP contribution >= 0.6 is 0 Å². The highest BCUT2D eigenvalue weighted by Gasteiger charge is 2.11. The second-order valence-corrected chi connectivity index (χ2v) is 4.62. The number of hydrogen-bond acceptors (Lipinski definition) is 4. The van der Waals surface area contributed by atoms with Crippen molar-refractivity contribution in [3.05, 3.63) is 23.5 Å². The van der Waals surface area contributed by atoms with Gasteiger partial charge in [0.15, 0.2) is 0 Å². The summed E-state index contributed by atoms with van der Waals surface area (Å²) >= 11 is 0. The Hall–Kier alpha value is -2.11. The van der Waals surface area contributed by atoms with Gasteiger partial charge in [0.2, 0.25) is 5.91 Å². The fourth-order valence-electron chi connectivity index (χ4n) is 1.71. The van der Waals surface area contributed by atoms with E-state index >= 15 is 0 Å². The number of hydrogen-bond donors (Lipinski definition) is 3. The molecule has 0 fully saturated rings. The van der Waals surface area contributed by atoms with Gasteiger partial charge in [-0.15, -0.1) is 0 Å². The molecule has 6 nitrogen and oxygen atoms in total. The Morgan fingerprint density at radius 1 is 1.35 bits per heavy atom. The molecule has 2 amide bonds. The van der Waals surface area contributed by atoms with Gasteiger partial charge in [-0.25, -0.2) is 0 Å². The number of carbonyl (C=O) groups excluding carboxylic acids is 2. The maximum absolute atomic E-state index is 12.1. The molecule has 20 heavy (non-hydrogen) atoms. The molecule has 0 saturated heterocycles. The minimum atomic E-state index is -0.360. The minimum absolute atomic E-state index is 0.194. The van der Waals surface area contributed by atoms with E-state index in [0.717, 1.165) is 24.3 Å². The summed E-state index contributed by atoms with van der Waals surface area (Å²) in [5.41, 5.74) is 7.20. The molecule has 0 radical (unpaired) electrons. The first-order valence-corrected chi connectivity index (χ1v) is 6.81. The van der Waals surface area contributed by atoms with Gasteiger partial charge < -0.3 is 16.4 Å². The Balaban J connectivity index is 2.63. The Bertz CT molecular complexity index is 474. The smallest absolute Gasteiger partial charge is 0.254 e. The first-order valence-electron chi connectivity index (χ1n) is 6.81. The van der Waals surface area contributed by atoms with Gasteiger partial charge in [-0.05, 0) is 25.8 Å². The fourth-order valence-corrected chi connectivity index (χ4v) is 1.71. The lowest BCUT2D eigenvalue weighted by Gasteiger charge is -2.12. The van der Waals surface area contributed by atoms with Gasteiger partial charge >= 0.3 is 0 Å². The van der Waals surface area contributed by atoms with Gasteiger partial charge in [0.25, 0.3) is 5.91 Å². The zero-order chi connectivity index (χ0) is 15.0. The predicted octanol–water partition coefficient (Wildman–Crippen LogP) is 1.21. The van der Waals surface area contributed by atoms with Crippen LogP contribution in [-0.4, -0.2) is 29.9 Å². The van der Waals surface area contributed by atoms with Crippen LogP contribution in [0.15, 0.2) is 12.3 Å². The monoisotopic (exact) mass is 278 g/mol. The van der Waals surface area contributed by atoms with Crippen molar-refractivity contribution in [1.29, 1.82) is 0 Å². The van der Waals surface area contributed by atoms with E-state index in [9.17, 15) is 9.59 Å². The molecule has 0 bridgehead atoms. The molecule has 1 aromatic heterocycles. The Labute approximate surface area is 119 Å². The fraction of sp³-hybridized carbons (Fsp3) is 0.500. The molecule has 0 spiro atoms. The van der Waals surface area contributed by atoms with Crippen molar-refractivity contribution >= 4 is 17.5 Å². The molecule has 1 aromatic rings. The molecular weight excluding hydrogens is 256 g/mol. The number of nitrogens with zero attached hydrogens (tertiary/aromatic N) is 1. The van der Waals surface area contributed by atoms with Crippen LogP contribution in [0.3, 0.4) is 0 Å². The molecular formula is C14H22N4O2. The topological polar surface area (TPSA) is 97.1 Å². The van der Waals surface area contributed by atoms with Crippen LogP contribution in [0.2, 0.25) is 0 Å². The molecule has 0 saturated carbocycles. The zero-order valence-corrected chi connectivity index (χ0v) is 12.0. The van der Waals surface area contributed by atoms with Crippen LogP contribution < -0.4 is 16.4 Å². The average Bonchev–Trinajstić information content (AvgIpc) is 2.41. The van der Waals surface area contributed by atoms with Crippen molar-refractivity contribution in [2.45, 2.75) is 33.1 Å². The number of primary amides is 1. The van der Waals surface area contributed by atoms with Crippen LogP contribution in [0, 0.1) is 6.92 Å². The third kappa shape index (κ3) is 5.26. The molecule has 0 aliphatic carbocycles. The van der Waals surface area contributed by atoms with E-state index in [0.29, 0.717) is 18.5 Å². The molecule has 0 atom stereocenters. The van der Waals surface area contributed by atoms with Crippen molar-refractivity contribution < 1.29 is 9.59 Å². The van der Waals surface area contributed by atoms with Crippen molar-refractivity contribution in [1.82, 2.24) is 10.3 Å². The largest absolute Gasteiger partial charge is 0.384 e. The van der Waals surface area contributed by atoms with Crippen LogP contribution in [-0.2, 0) is 4.79 Å². The number of aromatic nitrogens is 1. The first kappa shape index (κ1) is 15.9. The quantitative estimate of drug-likeness (QED) is 0.622. The first-order chi connectivity index (χ1) is 9.54. The molecule has 110 valence electrons. The summed E-state index contributed by atoms with van der Waals surface area (Å²) in [5.74, 6) is -0.554.